The number of imidazole rings is 1. The second-order valence-corrected chi connectivity index (χ2v) is 14.3. The zero-order valence-electron chi connectivity index (χ0n) is 24.2. The van der Waals surface area contributed by atoms with Crippen molar-refractivity contribution in [2.45, 2.75) is 51.0 Å². The molecular formula is C29H41ClN6O5S. The molecule has 3 fully saturated rings. The lowest BCUT2D eigenvalue weighted by molar-refractivity contribution is -0.138. The van der Waals surface area contributed by atoms with Crippen molar-refractivity contribution in [2.24, 2.45) is 29.4 Å². The highest BCUT2D eigenvalue weighted by molar-refractivity contribution is 7.88. The molecule has 1 aromatic heterocycles. The Morgan fingerprint density at radius 3 is 2.36 bits per heavy atom. The van der Waals surface area contributed by atoms with Crippen LogP contribution in [0.2, 0.25) is 5.15 Å². The number of rotatable bonds is 7. The van der Waals surface area contributed by atoms with E-state index in [1.165, 1.54) is 13.4 Å². The van der Waals surface area contributed by atoms with Gasteiger partial charge in [-0.25, -0.2) is 22.5 Å². The third-order valence-corrected chi connectivity index (χ3v) is 11.0. The summed E-state index contributed by atoms with van der Waals surface area (Å²) in [5, 5.41) is 2.95. The molecule has 3 aliphatic rings. The van der Waals surface area contributed by atoms with E-state index in [0.717, 1.165) is 50.5 Å². The lowest BCUT2D eigenvalue weighted by atomic mass is 9.81. The van der Waals surface area contributed by atoms with Gasteiger partial charge >= 0.3 is 6.09 Å². The Bertz CT molecular complexity index is 1370. The van der Waals surface area contributed by atoms with Crippen molar-refractivity contribution >= 4 is 39.3 Å². The van der Waals surface area contributed by atoms with Crippen LogP contribution in [0.3, 0.4) is 0 Å². The van der Waals surface area contributed by atoms with Crippen LogP contribution in [-0.4, -0.2) is 79.1 Å². The predicted octanol–water partition coefficient (Wildman–Crippen LogP) is 4.23. The number of aromatic amines is 1. The molecule has 0 bridgehead atoms. The van der Waals surface area contributed by atoms with Crippen LogP contribution in [0.5, 0.6) is 0 Å². The number of hydrogen-bond acceptors (Lipinski definition) is 7. The van der Waals surface area contributed by atoms with Crippen LogP contribution in [0.25, 0.3) is 11.3 Å². The van der Waals surface area contributed by atoms with E-state index < -0.39 is 16.1 Å². The maximum Gasteiger partial charge on any atom is 0.411 e. The van der Waals surface area contributed by atoms with Crippen molar-refractivity contribution < 1.29 is 22.7 Å². The Morgan fingerprint density at radius 2 is 1.76 bits per heavy atom. The number of benzene rings is 1. The van der Waals surface area contributed by atoms with Crippen LogP contribution in [0.15, 0.2) is 24.3 Å². The predicted molar refractivity (Wildman–Crippen MR) is 161 cm³/mol. The summed E-state index contributed by atoms with van der Waals surface area (Å²) >= 11 is 6.65. The summed E-state index contributed by atoms with van der Waals surface area (Å²) in [4.78, 5) is 35.6. The average molecular weight is 621 g/mol. The molecule has 1 aromatic carbocycles. The molecule has 1 unspecified atom stereocenters. The quantitative estimate of drug-likeness (QED) is 0.419. The minimum atomic E-state index is -3.21. The molecule has 0 radical (unpaired) electrons. The molecule has 5 rings (SSSR count). The summed E-state index contributed by atoms with van der Waals surface area (Å²) in [5.74, 6) is 1.86. The number of piperidine rings is 1. The fourth-order valence-corrected chi connectivity index (χ4v) is 8.00. The van der Waals surface area contributed by atoms with Crippen LogP contribution in [0, 0.1) is 23.7 Å². The van der Waals surface area contributed by atoms with Crippen LogP contribution in [0.1, 0.15) is 56.8 Å². The standard InChI is InChI=1S/C29H41ClN6O5S/c1-41-29(38)32-23-9-7-20(8-10-23)25-26(30)34-27(33-25)24-15-22(19-11-13-35(14-12-19)42(2,39)40)17-36(24)28(37)21-5-3-18(16-31)4-6-21/h7-10,18-19,21-22,24H,3-6,11-17,31H2,1-2H3,(H,32,38)(H,33,34)/t18-,21+,22?,24-/m0/s1. The van der Waals surface area contributed by atoms with E-state index in [1.807, 2.05) is 17.0 Å². The molecule has 230 valence electrons. The Morgan fingerprint density at radius 1 is 1.10 bits per heavy atom. The second-order valence-electron chi connectivity index (χ2n) is 11.9. The first-order valence-electron chi connectivity index (χ1n) is 14.7. The Labute approximate surface area is 252 Å². The molecule has 4 N–H and O–H groups in total. The van der Waals surface area contributed by atoms with E-state index in [-0.39, 0.29) is 23.8 Å². The first-order valence-corrected chi connectivity index (χ1v) is 17.0. The van der Waals surface area contributed by atoms with E-state index in [1.54, 1.807) is 16.4 Å². The monoisotopic (exact) mass is 620 g/mol. The maximum absolute atomic E-state index is 14.0. The number of nitrogens with two attached hydrogens (primary N) is 1. The fourth-order valence-electron chi connectivity index (χ4n) is 6.88. The van der Waals surface area contributed by atoms with Gasteiger partial charge in [0.15, 0.2) is 5.15 Å². The number of hydrogen-bond donors (Lipinski definition) is 3. The average Bonchev–Trinajstić information content (AvgIpc) is 3.61. The number of ether oxygens (including phenoxy) is 1. The number of amides is 2. The summed E-state index contributed by atoms with van der Waals surface area (Å²) in [6.07, 6.45) is 6.65. The van der Waals surface area contributed by atoms with Crippen LogP contribution in [-0.2, 0) is 19.6 Å². The summed E-state index contributed by atoms with van der Waals surface area (Å²) in [7, 11) is -1.90. The van der Waals surface area contributed by atoms with Crippen LogP contribution in [0.4, 0.5) is 10.5 Å². The molecule has 2 aromatic rings. The largest absolute Gasteiger partial charge is 0.453 e. The van der Waals surface area contributed by atoms with Gasteiger partial charge in [-0.15, -0.1) is 0 Å². The van der Waals surface area contributed by atoms with E-state index >= 15 is 0 Å². The van der Waals surface area contributed by atoms with Crippen molar-refractivity contribution in [3.05, 3.63) is 35.2 Å². The third-order valence-electron chi connectivity index (χ3n) is 9.38. The molecule has 11 nitrogen and oxygen atoms in total. The number of aromatic nitrogens is 2. The van der Waals surface area contributed by atoms with Gasteiger partial charge in [-0.2, -0.15) is 0 Å². The highest BCUT2D eigenvalue weighted by Gasteiger charge is 2.44. The lowest BCUT2D eigenvalue weighted by Crippen LogP contribution is -2.41. The molecule has 13 heteroatoms. The van der Waals surface area contributed by atoms with Gasteiger partial charge in [0, 0.05) is 36.8 Å². The zero-order valence-corrected chi connectivity index (χ0v) is 25.8. The zero-order chi connectivity index (χ0) is 30.0. The summed E-state index contributed by atoms with van der Waals surface area (Å²) in [5.41, 5.74) is 7.93. The number of carbonyl (C=O) groups is 2. The normalized spacial score (nSPS) is 25.9. The second kappa shape index (κ2) is 12.9. The first-order chi connectivity index (χ1) is 20.1. The van der Waals surface area contributed by atoms with Gasteiger partial charge in [0.2, 0.25) is 15.9 Å². The first kappa shape index (κ1) is 30.8. The van der Waals surface area contributed by atoms with E-state index in [2.05, 4.69) is 15.0 Å². The summed E-state index contributed by atoms with van der Waals surface area (Å²) in [6.45, 7) is 2.32. The molecule has 0 spiro atoms. The molecule has 1 aliphatic carbocycles. The number of H-pyrrole nitrogens is 1. The molecule has 2 saturated heterocycles. The van der Waals surface area contributed by atoms with E-state index in [4.69, 9.17) is 22.3 Å². The van der Waals surface area contributed by atoms with Gasteiger partial charge in [-0.05, 0) is 81.4 Å². The van der Waals surface area contributed by atoms with Gasteiger partial charge < -0.3 is 20.4 Å². The molecule has 2 atom stereocenters. The number of nitrogens with one attached hydrogen (secondary N) is 2. The molecule has 3 heterocycles. The Balaban J connectivity index is 1.36. The fraction of sp³-hybridized carbons (Fsp3) is 0.621. The van der Waals surface area contributed by atoms with Crippen LogP contribution < -0.4 is 11.1 Å². The lowest BCUT2D eigenvalue weighted by Gasteiger charge is -2.34. The third kappa shape index (κ3) is 6.77. The van der Waals surface area contributed by atoms with Crippen LogP contribution >= 0.6 is 11.6 Å². The summed E-state index contributed by atoms with van der Waals surface area (Å²) < 4.78 is 30.3. The molecular weight excluding hydrogens is 580 g/mol. The molecule has 2 aliphatic heterocycles. The Hall–Kier alpha value is -2.67. The molecule has 2 amide bonds. The number of likely N-dealkylation sites (tertiary alicyclic amines) is 1. The minimum Gasteiger partial charge on any atom is -0.453 e. The number of nitrogens with zero attached hydrogens (tertiary/aromatic N) is 3. The van der Waals surface area contributed by atoms with E-state index in [0.29, 0.717) is 60.4 Å². The highest BCUT2D eigenvalue weighted by atomic mass is 35.5. The van der Waals surface area contributed by atoms with E-state index in [9.17, 15) is 18.0 Å². The van der Waals surface area contributed by atoms with Crippen molar-refractivity contribution in [1.29, 1.82) is 0 Å². The topological polar surface area (TPSA) is 151 Å². The van der Waals surface area contributed by atoms with Crippen molar-refractivity contribution in [3.63, 3.8) is 0 Å². The van der Waals surface area contributed by atoms with Gasteiger partial charge in [-0.3, -0.25) is 10.1 Å². The minimum absolute atomic E-state index is 0.0270. The van der Waals surface area contributed by atoms with Gasteiger partial charge in [0.25, 0.3) is 0 Å². The highest BCUT2D eigenvalue weighted by Crippen LogP contribution is 2.44. The smallest absolute Gasteiger partial charge is 0.411 e. The summed E-state index contributed by atoms with van der Waals surface area (Å²) in [6, 6.07) is 6.94. The van der Waals surface area contributed by atoms with Crippen molar-refractivity contribution in [2.75, 3.05) is 44.9 Å². The van der Waals surface area contributed by atoms with Crippen molar-refractivity contribution in [1.82, 2.24) is 19.2 Å². The number of halogens is 1. The van der Waals surface area contributed by atoms with Gasteiger partial charge in [-0.1, -0.05) is 23.7 Å². The number of anilines is 1. The molecule has 42 heavy (non-hydrogen) atoms. The SMILES string of the molecule is COC(=O)Nc1ccc(-c2[nH]c([C@@H]3CC(C4CCN(S(C)(=O)=O)CC4)CN3C(=O)[C@H]3CC[C@@H](CN)CC3)nc2Cl)cc1. The Kier molecular flexibility index (Phi) is 9.46. The van der Waals surface area contributed by atoms with Gasteiger partial charge in [0.1, 0.15) is 5.82 Å². The van der Waals surface area contributed by atoms with Gasteiger partial charge in [0.05, 0.1) is 25.1 Å². The molecule has 1 saturated carbocycles. The number of sulfonamides is 1. The number of carbonyl (C=O) groups excluding carboxylic acids is 2. The van der Waals surface area contributed by atoms with Crippen molar-refractivity contribution in [3.8, 4) is 11.3 Å². The number of methoxy groups -OCH3 is 1. The maximum atomic E-state index is 14.0.